The quantitative estimate of drug-likeness (QED) is 0.689. The highest BCUT2D eigenvalue weighted by molar-refractivity contribution is 7.22. The third-order valence-corrected chi connectivity index (χ3v) is 5.80. The normalized spacial score (nSPS) is 18.4. The number of anilines is 1. The first-order valence-electron chi connectivity index (χ1n) is 8.52. The molecule has 4 rings (SSSR count). The van der Waals surface area contributed by atoms with Crippen LogP contribution in [-0.2, 0) is 18.2 Å². The molecule has 1 aliphatic heterocycles. The Morgan fingerprint density at radius 1 is 1.36 bits per heavy atom. The number of aryl methyl sites for hydroxylation is 2. The topological polar surface area (TPSA) is 82.1 Å². The number of hydrogen-bond acceptors (Lipinski definition) is 8. The third-order valence-electron chi connectivity index (χ3n) is 4.59. The maximum atomic E-state index is 5.49. The van der Waals surface area contributed by atoms with E-state index in [4.69, 9.17) is 14.2 Å². The van der Waals surface area contributed by atoms with Gasteiger partial charge in [-0.25, -0.2) is 9.67 Å². The molecule has 0 radical (unpaired) electrons. The summed E-state index contributed by atoms with van der Waals surface area (Å²) in [4.78, 5) is 11.7. The van der Waals surface area contributed by atoms with Crippen LogP contribution >= 0.6 is 11.3 Å². The second-order valence-corrected chi connectivity index (χ2v) is 7.41. The molecule has 0 amide bonds. The van der Waals surface area contributed by atoms with Gasteiger partial charge in [0.05, 0.1) is 22.9 Å². The van der Waals surface area contributed by atoms with E-state index in [1.807, 2.05) is 18.7 Å². The van der Waals surface area contributed by atoms with Crippen LogP contribution in [-0.4, -0.2) is 51.7 Å². The smallest absolute Gasteiger partial charge is 0.231 e. The number of nitrogens with zero attached hydrogens (tertiary/aromatic N) is 6. The third kappa shape index (κ3) is 3.13. The van der Waals surface area contributed by atoms with E-state index in [0.717, 1.165) is 54.1 Å². The van der Waals surface area contributed by atoms with Gasteiger partial charge in [-0.15, -0.1) is 0 Å². The minimum absolute atomic E-state index is 0.253. The largest absolute Gasteiger partial charge is 0.384 e. The molecule has 25 heavy (non-hydrogen) atoms. The number of hydrogen-bond donors (Lipinski definition) is 0. The lowest BCUT2D eigenvalue weighted by Gasteiger charge is -2.30. The molecule has 1 atom stereocenters. The SMILES string of the molecule is COCCc1noc([C@H]2CCCN(c3nc4c(s3)c(C)nn4C)C2)n1. The van der Waals surface area contributed by atoms with Crippen LogP contribution in [0, 0.1) is 6.92 Å². The molecule has 0 saturated carbocycles. The molecule has 9 heteroatoms. The number of methoxy groups -OCH3 is 1. The van der Waals surface area contributed by atoms with Crippen LogP contribution in [0.15, 0.2) is 4.52 Å². The first-order chi connectivity index (χ1) is 12.2. The standard InChI is InChI=1S/C16H22N6O2S/c1-10-13-14(21(2)19-10)18-16(25-13)22-7-4-5-11(9-22)15-17-12(20-24-15)6-8-23-3/h11H,4-9H2,1-3H3/t11-/m0/s1. The summed E-state index contributed by atoms with van der Waals surface area (Å²) in [5.74, 6) is 1.70. The van der Waals surface area contributed by atoms with Crippen molar-refractivity contribution in [1.82, 2.24) is 24.9 Å². The summed E-state index contributed by atoms with van der Waals surface area (Å²) in [5, 5.41) is 9.55. The van der Waals surface area contributed by atoms with Gasteiger partial charge in [0.2, 0.25) is 5.89 Å². The summed E-state index contributed by atoms with van der Waals surface area (Å²) in [6.45, 7) is 4.50. The number of piperidine rings is 1. The van der Waals surface area contributed by atoms with Crippen LogP contribution in [0.5, 0.6) is 0 Å². The number of fused-ring (bicyclic) bond motifs is 1. The fourth-order valence-electron chi connectivity index (χ4n) is 3.29. The molecule has 134 valence electrons. The first-order valence-corrected chi connectivity index (χ1v) is 9.34. The van der Waals surface area contributed by atoms with Crippen molar-refractivity contribution >= 4 is 26.8 Å². The molecule has 8 nitrogen and oxygen atoms in total. The number of rotatable bonds is 5. The van der Waals surface area contributed by atoms with E-state index < -0.39 is 0 Å². The molecule has 1 fully saturated rings. The summed E-state index contributed by atoms with van der Waals surface area (Å²) in [5.41, 5.74) is 1.99. The molecule has 0 aliphatic carbocycles. The Labute approximate surface area is 149 Å². The molecule has 3 aromatic heterocycles. The van der Waals surface area contributed by atoms with Crippen LogP contribution in [0.1, 0.15) is 36.2 Å². The molecule has 1 saturated heterocycles. The molecule has 0 bridgehead atoms. The average molecular weight is 362 g/mol. The number of ether oxygens (including phenoxy) is 1. The van der Waals surface area contributed by atoms with Crippen LogP contribution < -0.4 is 4.90 Å². The van der Waals surface area contributed by atoms with Gasteiger partial charge >= 0.3 is 0 Å². The molecule has 0 spiro atoms. The van der Waals surface area contributed by atoms with Gasteiger partial charge in [-0.05, 0) is 19.8 Å². The van der Waals surface area contributed by atoms with E-state index >= 15 is 0 Å². The fraction of sp³-hybridized carbons (Fsp3) is 0.625. The molecule has 0 unspecified atom stereocenters. The Bertz CT molecular complexity index is 835. The molecule has 4 heterocycles. The lowest BCUT2D eigenvalue weighted by molar-refractivity contribution is 0.199. The fourth-order valence-corrected chi connectivity index (χ4v) is 4.36. The van der Waals surface area contributed by atoms with Crippen molar-refractivity contribution in [3.8, 4) is 0 Å². The van der Waals surface area contributed by atoms with E-state index in [0.29, 0.717) is 13.0 Å². The van der Waals surface area contributed by atoms with Gasteiger partial charge in [0, 0.05) is 33.7 Å². The molecular weight excluding hydrogens is 340 g/mol. The van der Waals surface area contributed by atoms with Crippen molar-refractivity contribution in [3.05, 3.63) is 17.4 Å². The minimum atomic E-state index is 0.253. The first kappa shape index (κ1) is 16.5. The summed E-state index contributed by atoms with van der Waals surface area (Å²) >= 11 is 1.71. The second kappa shape index (κ2) is 6.72. The Balaban J connectivity index is 1.51. The second-order valence-electron chi connectivity index (χ2n) is 6.43. The molecule has 3 aromatic rings. The van der Waals surface area contributed by atoms with Crippen molar-refractivity contribution in [2.45, 2.75) is 32.1 Å². The lowest BCUT2D eigenvalue weighted by atomic mass is 9.98. The van der Waals surface area contributed by atoms with Crippen molar-refractivity contribution < 1.29 is 9.26 Å². The van der Waals surface area contributed by atoms with E-state index in [1.54, 1.807) is 18.4 Å². The van der Waals surface area contributed by atoms with Gasteiger partial charge in [0.1, 0.15) is 0 Å². The Morgan fingerprint density at radius 2 is 2.24 bits per heavy atom. The van der Waals surface area contributed by atoms with Crippen LogP contribution in [0.4, 0.5) is 5.13 Å². The Hall–Kier alpha value is -2.00. The van der Waals surface area contributed by atoms with Crippen molar-refractivity contribution in [2.24, 2.45) is 7.05 Å². The molecule has 0 N–H and O–H groups in total. The van der Waals surface area contributed by atoms with Crippen LogP contribution in [0.3, 0.4) is 0 Å². The summed E-state index contributed by atoms with van der Waals surface area (Å²) in [6, 6.07) is 0. The highest BCUT2D eigenvalue weighted by Crippen LogP contribution is 2.35. The summed E-state index contributed by atoms with van der Waals surface area (Å²) in [7, 11) is 3.62. The maximum Gasteiger partial charge on any atom is 0.231 e. The van der Waals surface area contributed by atoms with E-state index in [2.05, 4.69) is 20.1 Å². The van der Waals surface area contributed by atoms with E-state index in [-0.39, 0.29) is 5.92 Å². The van der Waals surface area contributed by atoms with Crippen molar-refractivity contribution in [3.63, 3.8) is 0 Å². The maximum absolute atomic E-state index is 5.49. The van der Waals surface area contributed by atoms with Crippen molar-refractivity contribution in [2.75, 3.05) is 31.7 Å². The predicted molar refractivity (Wildman–Crippen MR) is 95.2 cm³/mol. The highest BCUT2D eigenvalue weighted by Gasteiger charge is 2.28. The Kier molecular flexibility index (Phi) is 4.43. The average Bonchev–Trinajstić information content (AvgIpc) is 3.32. The number of aromatic nitrogens is 5. The highest BCUT2D eigenvalue weighted by atomic mass is 32.1. The zero-order valence-corrected chi connectivity index (χ0v) is 15.5. The molecule has 1 aliphatic rings. The van der Waals surface area contributed by atoms with Gasteiger partial charge < -0.3 is 14.2 Å². The van der Waals surface area contributed by atoms with Crippen LogP contribution in [0.25, 0.3) is 10.3 Å². The van der Waals surface area contributed by atoms with Gasteiger partial charge in [-0.3, -0.25) is 0 Å². The van der Waals surface area contributed by atoms with Gasteiger partial charge in [0.25, 0.3) is 0 Å². The monoisotopic (exact) mass is 362 g/mol. The lowest BCUT2D eigenvalue weighted by Crippen LogP contribution is -2.34. The van der Waals surface area contributed by atoms with Gasteiger partial charge in [-0.1, -0.05) is 16.5 Å². The Morgan fingerprint density at radius 3 is 3.04 bits per heavy atom. The molecule has 0 aromatic carbocycles. The van der Waals surface area contributed by atoms with Crippen LogP contribution in [0.2, 0.25) is 0 Å². The molecular formula is C16H22N6O2S. The zero-order valence-electron chi connectivity index (χ0n) is 14.7. The van der Waals surface area contributed by atoms with Gasteiger partial charge in [0.15, 0.2) is 16.6 Å². The minimum Gasteiger partial charge on any atom is -0.384 e. The zero-order chi connectivity index (χ0) is 17.4. The number of thiazole rings is 1. The van der Waals surface area contributed by atoms with Crippen molar-refractivity contribution in [1.29, 1.82) is 0 Å². The van der Waals surface area contributed by atoms with E-state index in [1.165, 1.54) is 4.70 Å². The summed E-state index contributed by atoms with van der Waals surface area (Å²) in [6.07, 6.45) is 2.84. The van der Waals surface area contributed by atoms with E-state index in [9.17, 15) is 0 Å². The summed E-state index contributed by atoms with van der Waals surface area (Å²) < 4.78 is 13.6. The predicted octanol–water partition coefficient (Wildman–Crippen LogP) is 2.29. The van der Waals surface area contributed by atoms with Gasteiger partial charge in [-0.2, -0.15) is 10.1 Å².